The Hall–Kier alpha value is -2.64. The number of likely N-dealkylation sites (N-methyl/N-ethyl adjacent to an activating group) is 1. The molecule has 0 spiro atoms. The Morgan fingerprint density at radius 1 is 1.30 bits per heavy atom. The first-order valence-electron chi connectivity index (χ1n) is 8.69. The second kappa shape index (κ2) is 6.83. The van der Waals surface area contributed by atoms with Gasteiger partial charge in [-0.3, -0.25) is 0 Å². The number of para-hydroxylation sites is 1. The Labute approximate surface area is 161 Å². The van der Waals surface area contributed by atoms with E-state index in [1.54, 1.807) is 7.11 Å². The molecule has 1 aliphatic heterocycles. The number of esters is 1. The lowest BCUT2D eigenvalue weighted by Crippen LogP contribution is -2.28. The number of pyridine rings is 1. The molecule has 0 amide bonds. The van der Waals surface area contributed by atoms with Gasteiger partial charge < -0.3 is 20.1 Å². The minimum atomic E-state index is -0.434. The van der Waals surface area contributed by atoms with Crippen LogP contribution in [0, 0.1) is 0 Å². The molecular formula is C20H21N3O3S. The number of thiophene rings is 1. The van der Waals surface area contributed by atoms with Gasteiger partial charge in [-0.2, -0.15) is 0 Å². The second-order valence-corrected chi connectivity index (χ2v) is 7.62. The molecule has 1 aromatic carbocycles. The van der Waals surface area contributed by atoms with Crippen LogP contribution in [-0.4, -0.2) is 43.7 Å². The van der Waals surface area contributed by atoms with Crippen LogP contribution in [0.25, 0.3) is 21.3 Å². The third-order valence-corrected chi connectivity index (χ3v) is 6.05. The third kappa shape index (κ3) is 2.83. The molecule has 0 radical (unpaired) electrons. The van der Waals surface area contributed by atoms with Crippen molar-refractivity contribution in [3.8, 4) is 16.9 Å². The van der Waals surface area contributed by atoms with E-state index >= 15 is 0 Å². The van der Waals surface area contributed by atoms with Crippen molar-refractivity contribution in [3.05, 3.63) is 40.4 Å². The minimum Gasteiger partial charge on any atom is -0.496 e. The largest absolute Gasteiger partial charge is 0.496 e. The number of methoxy groups -OCH3 is 2. The standard InChI is InChI=1S/C20H21N3O3S/c1-23-9-8-13-12(10-23)15(11-6-4-5-7-14(11)25-2)16-17(21)18(20(24)26-3)27-19(16)22-13/h4-7H,8-10,21H2,1-3H3. The number of anilines is 1. The van der Waals surface area contributed by atoms with Crippen molar-refractivity contribution < 1.29 is 14.3 Å². The zero-order chi connectivity index (χ0) is 19.1. The van der Waals surface area contributed by atoms with Gasteiger partial charge in [0.25, 0.3) is 0 Å². The van der Waals surface area contributed by atoms with Crippen LogP contribution >= 0.6 is 11.3 Å². The van der Waals surface area contributed by atoms with Crippen molar-refractivity contribution in [2.75, 3.05) is 33.5 Å². The summed E-state index contributed by atoms with van der Waals surface area (Å²) >= 11 is 1.29. The van der Waals surface area contributed by atoms with E-state index < -0.39 is 5.97 Å². The summed E-state index contributed by atoms with van der Waals surface area (Å²) in [5.41, 5.74) is 11.0. The van der Waals surface area contributed by atoms with E-state index in [0.717, 1.165) is 57.9 Å². The molecule has 6 nitrogen and oxygen atoms in total. The number of benzene rings is 1. The molecule has 0 fully saturated rings. The monoisotopic (exact) mass is 383 g/mol. The van der Waals surface area contributed by atoms with Crippen LogP contribution in [-0.2, 0) is 17.7 Å². The molecule has 2 N–H and O–H groups in total. The first-order valence-corrected chi connectivity index (χ1v) is 9.50. The maximum Gasteiger partial charge on any atom is 0.350 e. The first kappa shape index (κ1) is 17.8. The molecule has 140 valence electrons. The summed E-state index contributed by atoms with van der Waals surface area (Å²) in [7, 11) is 5.11. The fourth-order valence-electron chi connectivity index (χ4n) is 3.65. The minimum absolute atomic E-state index is 0.395. The van der Waals surface area contributed by atoms with Crippen molar-refractivity contribution in [2.45, 2.75) is 13.0 Å². The maximum atomic E-state index is 12.2. The first-order chi connectivity index (χ1) is 13.0. The SMILES string of the molecule is COC(=O)c1sc2nc3c(c(-c4ccccc4OC)c2c1N)CN(C)CC3. The summed E-state index contributed by atoms with van der Waals surface area (Å²) in [6.45, 7) is 1.72. The van der Waals surface area contributed by atoms with Crippen LogP contribution in [0.15, 0.2) is 24.3 Å². The van der Waals surface area contributed by atoms with E-state index in [1.807, 2.05) is 24.3 Å². The van der Waals surface area contributed by atoms with Crippen molar-refractivity contribution in [1.82, 2.24) is 9.88 Å². The Kier molecular flexibility index (Phi) is 4.49. The summed E-state index contributed by atoms with van der Waals surface area (Å²) in [5.74, 6) is 0.335. The molecule has 1 aliphatic rings. The normalized spacial score (nSPS) is 14.2. The number of nitrogens with two attached hydrogens (primary N) is 1. The van der Waals surface area contributed by atoms with Crippen LogP contribution in [0.5, 0.6) is 5.75 Å². The highest BCUT2D eigenvalue weighted by Gasteiger charge is 2.28. The van der Waals surface area contributed by atoms with Gasteiger partial charge in [-0.25, -0.2) is 9.78 Å². The number of fused-ring (bicyclic) bond motifs is 2. The van der Waals surface area contributed by atoms with E-state index in [2.05, 4.69) is 11.9 Å². The van der Waals surface area contributed by atoms with Crippen molar-refractivity contribution >= 4 is 33.2 Å². The number of carbonyl (C=O) groups excluding carboxylic acids is 1. The number of ether oxygens (including phenoxy) is 2. The number of hydrogen-bond acceptors (Lipinski definition) is 7. The van der Waals surface area contributed by atoms with Crippen molar-refractivity contribution in [3.63, 3.8) is 0 Å². The molecule has 7 heteroatoms. The Balaban J connectivity index is 2.11. The number of aromatic nitrogens is 1. The molecule has 0 aliphatic carbocycles. The summed E-state index contributed by atoms with van der Waals surface area (Å²) in [5, 5.41) is 0.805. The van der Waals surface area contributed by atoms with Gasteiger partial charge in [0.15, 0.2) is 0 Å². The van der Waals surface area contributed by atoms with Crippen LogP contribution < -0.4 is 10.5 Å². The molecule has 3 heterocycles. The summed E-state index contributed by atoms with van der Waals surface area (Å²) in [6.07, 6.45) is 0.856. The fourth-order valence-corrected chi connectivity index (χ4v) is 4.69. The maximum absolute atomic E-state index is 12.2. The van der Waals surface area contributed by atoms with E-state index in [-0.39, 0.29) is 0 Å². The molecule has 0 atom stereocenters. The fraction of sp³-hybridized carbons (Fsp3) is 0.300. The van der Waals surface area contributed by atoms with Gasteiger partial charge in [0.2, 0.25) is 0 Å². The van der Waals surface area contributed by atoms with Gasteiger partial charge in [0, 0.05) is 41.7 Å². The predicted molar refractivity (Wildman–Crippen MR) is 107 cm³/mol. The predicted octanol–water partition coefficient (Wildman–Crippen LogP) is 3.33. The van der Waals surface area contributed by atoms with Crippen molar-refractivity contribution in [1.29, 1.82) is 0 Å². The lowest BCUT2D eigenvalue weighted by molar-refractivity contribution is 0.0607. The highest BCUT2D eigenvalue weighted by atomic mass is 32.1. The highest BCUT2D eigenvalue weighted by molar-refractivity contribution is 7.21. The van der Waals surface area contributed by atoms with Gasteiger partial charge in [-0.15, -0.1) is 11.3 Å². The third-order valence-electron chi connectivity index (χ3n) is 4.97. The van der Waals surface area contributed by atoms with E-state index in [4.69, 9.17) is 20.2 Å². The second-order valence-electron chi connectivity index (χ2n) is 6.62. The molecule has 0 saturated heterocycles. The van der Waals surface area contributed by atoms with Gasteiger partial charge in [0.05, 0.1) is 19.9 Å². The Morgan fingerprint density at radius 2 is 2.07 bits per heavy atom. The number of rotatable bonds is 3. The van der Waals surface area contributed by atoms with Crippen LogP contribution in [0.4, 0.5) is 5.69 Å². The Morgan fingerprint density at radius 3 is 2.81 bits per heavy atom. The zero-order valence-electron chi connectivity index (χ0n) is 15.5. The van der Waals surface area contributed by atoms with E-state index in [1.165, 1.54) is 18.4 Å². The van der Waals surface area contributed by atoms with Gasteiger partial charge >= 0.3 is 5.97 Å². The lowest BCUT2D eigenvalue weighted by Gasteiger charge is -2.27. The number of nitrogen functional groups attached to an aromatic ring is 1. The van der Waals surface area contributed by atoms with Crippen LogP contribution in [0.2, 0.25) is 0 Å². The number of carbonyl (C=O) groups is 1. The molecule has 0 bridgehead atoms. The highest BCUT2D eigenvalue weighted by Crippen LogP contribution is 2.45. The number of nitrogens with zero attached hydrogens (tertiary/aromatic N) is 2. The molecule has 4 rings (SSSR count). The zero-order valence-corrected chi connectivity index (χ0v) is 16.4. The molecule has 3 aromatic rings. The molecule has 27 heavy (non-hydrogen) atoms. The summed E-state index contributed by atoms with van der Waals surface area (Å²) in [6, 6.07) is 7.88. The molecule has 2 aromatic heterocycles. The van der Waals surface area contributed by atoms with E-state index in [0.29, 0.717) is 10.6 Å². The summed E-state index contributed by atoms with van der Waals surface area (Å²) in [4.78, 5) is 20.5. The van der Waals surface area contributed by atoms with Crippen LogP contribution in [0.1, 0.15) is 20.9 Å². The average Bonchev–Trinajstić information content (AvgIpc) is 3.02. The lowest BCUT2D eigenvalue weighted by atomic mass is 9.91. The molecular weight excluding hydrogens is 362 g/mol. The quantitative estimate of drug-likeness (QED) is 0.699. The molecule has 0 unspecified atom stereocenters. The van der Waals surface area contributed by atoms with Gasteiger partial charge in [0.1, 0.15) is 15.5 Å². The van der Waals surface area contributed by atoms with Gasteiger partial charge in [-0.05, 0) is 18.7 Å². The molecule has 0 saturated carbocycles. The summed E-state index contributed by atoms with van der Waals surface area (Å²) < 4.78 is 10.5. The Bertz CT molecular complexity index is 1040. The number of hydrogen-bond donors (Lipinski definition) is 1. The van der Waals surface area contributed by atoms with Gasteiger partial charge in [-0.1, -0.05) is 18.2 Å². The van der Waals surface area contributed by atoms with E-state index in [9.17, 15) is 4.79 Å². The topological polar surface area (TPSA) is 77.7 Å². The average molecular weight is 383 g/mol. The smallest absolute Gasteiger partial charge is 0.350 e. The van der Waals surface area contributed by atoms with Crippen molar-refractivity contribution in [2.24, 2.45) is 0 Å². The van der Waals surface area contributed by atoms with Crippen LogP contribution in [0.3, 0.4) is 0 Å².